The maximum absolute atomic E-state index is 12.5. The van der Waals surface area contributed by atoms with Gasteiger partial charge in [0.25, 0.3) is 5.24 Å². The molecule has 2 fully saturated rings. The Morgan fingerprint density at radius 3 is 2.23 bits per heavy atom. The number of nitrogens with zero attached hydrogens (tertiary/aromatic N) is 2. The summed E-state index contributed by atoms with van der Waals surface area (Å²) in [5, 5.41) is -0.214. The molecule has 0 bridgehead atoms. The summed E-state index contributed by atoms with van der Waals surface area (Å²) in [6, 6.07) is 8.12. The number of hydrogen-bond acceptors (Lipinski definition) is 5. The van der Waals surface area contributed by atoms with E-state index in [1.165, 1.54) is 9.21 Å². The highest BCUT2D eigenvalue weighted by Gasteiger charge is 2.39. The Morgan fingerprint density at radius 2 is 1.68 bits per heavy atom. The number of piperidine rings is 1. The molecular weight excluding hydrogens is 324 g/mol. The van der Waals surface area contributed by atoms with E-state index in [9.17, 15) is 18.0 Å². The van der Waals surface area contributed by atoms with Crippen molar-refractivity contribution in [3.05, 3.63) is 30.3 Å². The first kappa shape index (κ1) is 15.5. The zero-order chi connectivity index (χ0) is 15.7. The Hall–Kier alpha value is -1.38. The fourth-order valence-electron chi connectivity index (χ4n) is 2.80. The van der Waals surface area contributed by atoms with Crippen LogP contribution in [0.1, 0.15) is 12.8 Å². The van der Waals surface area contributed by atoms with E-state index in [0.717, 1.165) is 11.8 Å². The minimum Gasteiger partial charge on any atom is -0.273 e. The van der Waals surface area contributed by atoms with Crippen LogP contribution in [0.25, 0.3) is 0 Å². The smallest absolute Gasteiger partial charge is 0.273 e. The number of carbonyl (C=O) groups is 2. The molecule has 2 saturated heterocycles. The highest BCUT2D eigenvalue weighted by molar-refractivity contribution is 8.14. The highest BCUT2D eigenvalue weighted by atomic mass is 32.2. The van der Waals surface area contributed by atoms with E-state index in [2.05, 4.69) is 0 Å². The number of thioether (sulfide) groups is 1. The zero-order valence-corrected chi connectivity index (χ0v) is 13.5. The monoisotopic (exact) mass is 340 g/mol. The standard InChI is InChI=1S/C14H16N2O4S2/c17-13-10-21-14(18)16(13)11-6-8-15(9-7-11)22(19,20)12-4-2-1-3-5-12/h1-5,11H,6-10H2. The van der Waals surface area contributed by atoms with Crippen LogP contribution >= 0.6 is 11.8 Å². The van der Waals surface area contributed by atoms with Crippen molar-refractivity contribution in [2.24, 2.45) is 0 Å². The van der Waals surface area contributed by atoms with Crippen molar-refractivity contribution in [1.29, 1.82) is 0 Å². The molecular formula is C14H16N2O4S2. The molecule has 3 rings (SSSR count). The van der Waals surface area contributed by atoms with Gasteiger partial charge >= 0.3 is 0 Å². The fourth-order valence-corrected chi connectivity index (χ4v) is 5.07. The summed E-state index contributed by atoms with van der Waals surface area (Å²) in [7, 11) is -3.50. The van der Waals surface area contributed by atoms with Crippen LogP contribution in [0.15, 0.2) is 35.2 Å². The van der Waals surface area contributed by atoms with E-state index >= 15 is 0 Å². The quantitative estimate of drug-likeness (QED) is 0.834. The predicted molar refractivity (Wildman–Crippen MR) is 82.9 cm³/mol. The van der Waals surface area contributed by atoms with Crippen LogP contribution in [0.5, 0.6) is 0 Å². The molecule has 0 radical (unpaired) electrons. The molecule has 2 aliphatic heterocycles. The van der Waals surface area contributed by atoms with Crippen LogP contribution < -0.4 is 0 Å². The lowest BCUT2D eigenvalue weighted by atomic mass is 10.1. The number of benzene rings is 1. The minimum atomic E-state index is -3.50. The summed E-state index contributed by atoms with van der Waals surface area (Å²) >= 11 is 1.02. The molecule has 0 aromatic heterocycles. The molecule has 0 aliphatic carbocycles. The van der Waals surface area contributed by atoms with Crippen LogP contribution in [0, 0.1) is 0 Å². The number of sulfonamides is 1. The predicted octanol–water partition coefficient (Wildman–Crippen LogP) is 1.54. The molecule has 0 atom stereocenters. The molecule has 2 heterocycles. The summed E-state index contributed by atoms with van der Waals surface area (Å²) in [4.78, 5) is 25.0. The SMILES string of the molecule is O=C1CSC(=O)N1C1CCN(S(=O)(=O)c2ccccc2)CC1. The van der Waals surface area contributed by atoms with E-state index in [1.807, 2.05) is 0 Å². The second-order valence-electron chi connectivity index (χ2n) is 5.27. The Labute approximate surface area is 133 Å². The molecule has 1 aromatic rings. The van der Waals surface area contributed by atoms with Gasteiger partial charge in [0.1, 0.15) is 0 Å². The van der Waals surface area contributed by atoms with E-state index in [-0.39, 0.29) is 27.8 Å². The summed E-state index contributed by atoms with van der Waals surface area (Å²) < 4.78 is 26.5. The van der Waals surface area contributed by atoms with Gasteiger partial charge in [-0.1, -0.05) is 30.0 Å². The van der Waals surface area contributed by atoms with E-state index in [4.69, 9.17) is 0 Å². The first-order valence-electron chi connectivity index (χ1n) is 7.04. The van der Waals surface area contributed by atoms with E-state index in [1.54, 1.807) is 30.3 Å². The number of carbonyl (C=O) groups excluding carboxylic acids is 2. The van der Waals surface area contributed by atoms with Crippen molar-refractivity contribution in [3.63, 3.8) is 0 Å². The van der Waals surface area contributed by atoms with Gasteiger partial charge < -0.3 is 0 Å². The van der Waals surface area contributed by atoms with Crippen molar-refractivity contribution < 1.29 is 18.0 Å². The lowest BCUT2D eigenvalue weighted by Gasteiger charge is -2.34. The molecule has 6 nitrogen and oxygen atoms in total. The Balaban J connectivity index is 1.70. The molecule has 0 unspecified atom stereocenters. The maximum atomic E-state index is 12.5. The van der Waals surface area contributed by atoms with Gasteiger partial charge in [0.05, 0.1) is 10.6 Å². The molecule has 1 aromatic carbocycles. The van der Waals surface area contributed by atoms with Crippen molar-refractivity contribution >= 4 is 32.9 Å². The Morgan fingerprint density at radius 1 is 1.05 bits per heavy atom. The summed E-state index contributed by atoms with van der Waals surface area (Å²) in [6.07, 6.45) is 0.980. The first-order chi connectivity index (χ1) is 10.5. The second-order valence-corrected chi connectivity index (χ2v) is 8.13. The summed E-state index contributed by atoms with van der Waals surface area (Å²) in [5.41, 5.74) is 0. The molecule has 8 heteroatoms. The second kappa shape index (κ2) is 6.02. The molecule has 2 amide bonds. The normalized spacial score (nSPS) is 21.5. The number of imide groups is 1. The van der Waals surface area contributed by atoms with Gasteiger partial charge in [-0.15, -0.1) is 0 Å². The van der Waals surface area contributed by atoms with Gasteiger partial charge in [-0.3, -0.25) is 14.5 Å². The minimum absolute atomic E-state index is 0.167. The van der Waals surface area contributed by atoms with Crippen molar-refractivity contribution in [1.82, 2.24) is 9.21 Å². The van der Waals surface area contributed by atoms with Crippen molar-refractivity contribution in [3.8, 4) is 0 Å². The molecule has 2 aliphatic rings. The Bertz CT molecular complexity index is 666. The lowest BCUT2D eigenvalue weighted by Crippen LogP contribution is -2.48. The van der Waals surface area contributed by atoms with E-state index in [0.29, 0.717) is 25.9 Å². The summed E-state index contributed by atoms with van der Waals surface area (Å²) in [6.45, 7) is 0.646. The highest BCUT2D eigenvalue weighted by Crippen LogP contribution is 2.28. The van der Waals surface area contributed by atoms with Crippen LogP contribution in [-0.2, 0) is 14.8 Å². The average molecular weight is 340 g/mol. The van der Waals surface area contributed by atoms with Gasteiger partial charge in [0, 0.05) is 19.1 Å². The average Bonchev–Trinajstić information content (AvgIpc) is 2.87. The first-order valence-corrected chi connectivity index (χ1v) is 9.47. The van der Waals surface area contributed by atoms with Crippen LogP contribution in [0.3, 0.4) is 0 Å². The third kappa shape index (κ3) is 2.78. The fraction of sp³-hybridized carbons (Fsp3) is 0.429. The van der Waals surface area contributed by atoms with Crippen LogP contribution in [0.4, 0.5) is 4.79 Å². The zero-order valence-electron chi connectivity index (χ0n) is 11.8. The topological polar surface area (TPSA) is 74.8 Å². The molecule has 0 N–H and O–H groups in total. The third-order valence-electron chi connectivity index (χ3n) is 3.95. The molecule has 118 valence electrons. The lowest BCUT2D eigenvalue weighted by molar-refractivity contribution is -0.126. The third-order valence-corrected chi connectivity index (χ3v) is 6.70. The van der Waals surface area contributed by atoms with Crippen LogP contribution in [-0.4, -0.2) is 53.7 Å². The van der Waals surface area contributed by atoms with Gasteiger partial charge in [-0.05, 0) is 25.0 Å². The van der Waals surface area contributed by atoms with Crippen molar-refractivity contribution in [2.45, 2.75) is 23.8 Å². The molecule has 22 heavy (non-hydrogen) atoms. The van der Waals surface area contributed by atoms with Gasteiger partial charge in [0.15, 0.2) is 0 Å². The number of rotatable bonds is 3. The maximum Gasteiger partial charge on any atom is 0.289 e. The van der Waals surface area contributed by atoms with Gasteiger partial charge in [0.2, 0.25) is 15.9 Å². The Kier molecular flexibility index (Phi) is 4.24. The van der Waals surface area contributed by atoms with Gasteiger partial charge in [-0.2, -0.15) is 4.31 Å². The number of hydrogen-bond donors (Lipinski definition) is 0. The largest absolute Gasteiger partial charge is 0.289 e. The number of amides is 2. The summed E-state index contributed by atoms with van der Waals surface area (Å²) in [5.74, 6) is 0.0285. The van der Waals surface area contributed by atoms with Crippen LogP contribution in [0.2, 0.25) is 0 Å². The van der Waals surface area contributed by atoms with E-state index < -0.39 is 10.0 Å². The van der Waals surface area contributed by atoms with Crippen molar-refractivity contribution in [2.75, 3.05) is 18.8 Å². The van der Waals surface area contributed by atoms with Gasteiger partial charge in [-0.25, -0.2) is 8.42 Å². The molecule has 0 spiro atoms. The molecule has 0 saturated carbocycles.